The van der Waals surface area contributed by atoms with Crippen LogP contribution >= 0.6 is 11.3 Å². The third-order valence-electron chi connectivity index (χ3n) is 3.06. The number of nitrogens with zero attached hydrogens (tertiary/aromatic N) is 1. The van der Waals surface area contributed by atoms with Crippen LogP contribution in [-0.2, 0) is 16.6 Å². The summed E-state index contributed by atoms with van der Waals surface area (Å²) < 4.78 is 27.5. The van der Waals surface area contributed by atoms with Gasteiger partial charge in [0.2, 0.25) is 10.0 Å². The number of hydrogen-bond donors (Lipinski definition) is 2. The van der Waals surface area contributed by atoms with E-state index in [0.29, 0.717) is 12.1 Å². The van der Waals surface area contributed by atoms with Gasteiger partial charge in [-0.1, -0.05) is 12.1 Å². The fraction of sp³-hybridized carbons (Fsp3) is 0.308. The highest BCUT2D eigenvalue weighted by Gasteiger charge is 2.22. The molecule has 3 N–H and O–H groups in total. The maximum atomic E-state index is 12.5. The molecule has 0 amide bonds. The highest BCUT2D eigenvalue weighted by Crippen LogP contribution is 2.22. The topological polar surface area (TPSA) is 85.1 Å². The maximum Gasteiger partial charge on any atom is 0.241 e. The van der Waals surface area contributed by atoms with Gasteiger partial charge in [-0.2, -0.15) is 0 Å². The van der Waals surface area contributed by atoms with Crippen LogP contribution in [0.5, 0.6) is 0 Å². The first-order valence-electron chi connectivity index (χ1n) is 6.16. The molecule has 1 aromatic heterocycles. The summed E-state index contributed by atoms with van der Waals surface area (Å²) in [4.78, 5) is 4.39. The lowest BCUT2D eigenvalue weighted by Gasteiger charge is -2.15. The smallest absolute Gasteiger partial charge is 0.241 e. The highest BCUT2D eigenvalue weighted by molar-refractivity contribution is 7.89. The molecule has 7 heteroatoms. The molecule has 0 saturated carbocycles. The van der Waals surface area contributed by atoms with Gasteiger partial charge in [0.05, 0.1) is 10.9 Å². The molecule has 5 nitrogen and oxygen atoms in total. The molecule has 1 unspecified atom stereocenters. The summed E-state index contributed by atoms with van der Waals surface area (Å²) in [5.41, 5.74) is 7.13. The first-order chi connectivity index (χ1) is 9.45. The summed E-state index contributed by atoms with van der Waals surface area (Å²) in [6.07, 6.45) is 1.66. The number of nitrogens with one attached hydrogen (secondary N) is 1. The SMILES string of the molecule is Cc1c(CN)cccc1S(=O)(=O)NC(C)c1nccs1. The van der Waals surface area contributed by atoms with Crippen molar-refractivity contribution in [1.29, 1.82) is 0 Å². The lowest BCUT2D eigenvalue weighted by atomic mass is 10.1. The molecule has 2 aromatic rings. The fourth-order valence-corrected chi connectivity index (χ4v) is 4.18. The van der Waals surface area contributed by atoms with E-state index in [1.165, 1.54) is 11.3 Å². The minimum absolute atomic E-state index is 0.267. The van der Waals surface area contributed by atoms with Crippen LogP contribution in [0.1, 0.15) is 29.1 Å². The van der Waals surface area contributed by atoms with Crippen LogP contribution in [0.15, 0.2) is 34.7 Å². The van der Waals surface area contributed by atoms with Crippen LogP contribution in [0.2, 0.25) is 0 Å². The molecular formula is C13H17N3O2S2. The molecule has 1 atom stereocenters. The van der Waals surface area contributed by atoms with Gasteiger partial charge in [0, 0.05) is 18.1 Å². The van der Waals surface area contributed by atoms with Crippen LogP contribution in [0.4, 0.5) is 0 Å². The molecule has 108 valence electrons. The van der Waals surface area contributed by atoms with Gasteiger partial charge in [0.15, 0.2) is 0 Å². The van der Waals surface area contributed by atoms with Crippen LogP contribution in [-0.4, -0.2) is 13.4 Å². The van der Waals surface area contributed by atoms with Crippen LogP contribution < -0.4 is 10.5 Å². The zero-order chi connectivity index (χ0) is 14.8. The van der Waals surface area contributed by atoms with Gasteiger partial charge in [0.25, 0.3) is 0 Å². The Labute approximate surface area is 122 Å². The Morgan fingerprint density at radius 3 is 2.80 bits per heavy atom. The van der Waals surface area contributed by atoms with E-state index >= 15 is 0 Å². The molecule has 1 heterocycles. The zero-order valence-corrected chi connectivity index (χ0v) is 13.0. The Kier molecular flexibility index (Phi) is 4.54. The number of hydrogen-bond acceptors (Lipinski definition) is 5. The van der Waals surface area contributed by atoms with Crippen molar-refractivity contribution < 1.29 is 8.42 Å². The van der Waals surface area contributed by atoms with Gasteiger partial charge in [-0.05, 0) is 31.0 Å². The summed E-state index contributed by atoms with van der Waals surface area (Å²) in [6, 6.07) is 4.77. The van der Waals surface area contributed by atoms with Crippen molar-refractivity contribution >= 4 is 21.4 Å². The quantitative estimate of drug-likeness (QED) is 0.884. The van der Waals surface area contributed by atoms with Crippen molar-refractivity contribution in [3.05, 3.63) is 45.9 Å². The van der Waals surface area contributed by atoms with Gasteiger partial charge in [-0.15, -0.1) is 11.3 Å². The standard InChI is InChI=1S/C13H17N3O2S2/c1-9-11(8-14)4-3-5-12(9)20(17,18)16-10(2)13-15-6-7-19-13/h3-7,10,16H,8,14H2,1-2H3. The Morgan fingerprint density at radius 2 is 2.20 bits per heavy atom. The van der Waals surface area contributed by atoms with Gasteiger partial charge < -0.3 is 5.73 Å². The largest absolute Gasteiger partial charge is 0.326 e. The maximum absolute atomic E-state index is 12.5. The second-order valence-electron chi connectivity index (χ2n) is 4.46. The molecule has 0 radical (unpaired) electrons. The van der Waals surface area contributed by atoms with Gasteiger partial charge >= 0.3 is 0 Å². The Morgan fingerprint density at radius 1 is 1.45 bits per heavy atom. The number of aromatic nitrogens is 1. The second kappa shape index (κ2) is 6.01. The van der Waals surface area contributed by atoms with Crippen molar-refractivity contribution in [2.24, 2.45) is 5.73 Å². The summed E-state index contributed by atoms with van der Waals surface area (Å²) >= 11 is 1.42. The summed E-state index contributed by atoms with van der Waals surface area (Å²) in [6.45, 7) is 3.86. The number of benzene rings is 1. The lowest BCUT2D eigenvalue weighted by molar-refractivity contribution is 0.565. The minimum Gasteiger partial charge on any atom is -0.326 e. The number of rotatable bonds is 5. The van der Waals surface area contributed by atoms with Crippen molar-refractivity contribution in [2.45, 2.75) is 31.3 Å². The van der Waals surface area contributed by atoms with Crippen molar-refractivity contribution in [1.82, 2.24) is 9.71 Å². The monoisotopic (exact) mass is 311 g/mol. The minimum atomic E-state index is -3.59. The van der Waals surface area contributed by atoms with E-state index in [2.05, 4.69) is 9.71 Å². The van der Waals surface area contributed by atoms with Gasteiger partial charge in [-0.25, -0.2) is 18.1 Å². The number of sulfonamides is 1. The molecule has 0 spiro atoms. The average molecular weight is 311 g/mol. The molecule has 0 bridgehead atoms. The molecular weight excluding hydrogens is 294 g/mol. The molecule has 0 aliphatic rings. The van der Waals surface area contributed by atoms with Crippen molar-refractivity contribution in [2.75, 3.05) is 0 Å². The lowest BCUT2D eigenvalue weighted by Crippen LogP contribution is -2.27. The molecule has 0 saturated heterocycles. The van der Waals surface area contributed by atoms with Crippen LogP contribution in [0, 0.1) is 6.92 Å². The molecule has 1 aromatic carbocycles. The first-order valence-corrected chi connectivity index (χ1v) is 8.52. The predicted octanol–water partition coefficient (Wildman–Crippen LogP) is 1.95. The molecule has 20 heavy (non-hydrogen) atoms. The fourth-order valence-electron chi connectivity index (χ4n) is 1.97. The summed E-state index contributed by atoms with van der Waals surface area (Å²) in [5, 5.41) is 2.56. The Hall–Kier alpha value is -1.28. The third-order valence-corrected chi connectivity index (χ3v) is 5.70. The number of nitrogens with two attached hydrogens (primary N) is 1. The predicted molar refractivity (Wildman–Crippen MR) is 79.9 cm³/mol. The second-order valence-corrected chi connectivity index (χ2v) is 7.07. The van der Waals surface area contributed by atoms with E-state index in [1.54, 1.807) is 32.2 Å². The molecule has 0 aliphatic carbocycles. The third kappa shape index (κ3) is 3.06. The van der Waals surface area contributed by atoms with Crippen molar-refractivity contribution in [3.63, 3.8) is 0 Å². The van der Waals surface area contributed by atoms with E-state index in [9.17, 15) is 8.42 Å². The Bertz CT molecular complexity index is 682. The van der Waals surface area contributed by atoms with Crippen LogP contribution in [0.25, 0.3) is 0 Å². The van der Waals surface area contributed by atoms with E-state index in [0.717, 1.165) is 10.6 Å². The highest BCUT2D eigenvalue weighted by atomic mass is 32.2. The zero-order valence-electron chi connectivity index (χ0n) is 11.3. The molecule has 0 aliphatic heterocycles. The number of thiazole rings is 1. The summed E-state index contributed by atoms with van der Waals surface area (Å²) in [7, 11) is -3.59. The molecule has 2 rings (SSSR count). The van der Waals surface area contributed by atoms with Crippen LogP contribution in [0.3, 0.4) is 0 Å². The van der Waals surface area contributed by atoms with E-state index in [4.69, 9.17) is 5.73 Å². The van der Waals surface area contributed by atoms with E-state index in [1.807, 2.05) is 11.4 Å². The van der Waals surface area contributed by atoms with Gasteiger partial charge in [0.1, 0.15) is 5.01 Å². The van der Waals surface area contributed by atoms with Gasteiger partial charge in [-0.3, -0.25) is 0 Å². The summed E-state index contributed by atoms with van der Waals surface area (Å²) in [5.74, 6) is 0. The van der Waals surface area contributed by atoms with E-state index < -0.39 is 10.0 Å². The first kappa shape index (κ1) is 15.1. The molecule has 0 fully saturated rings. The van der Waals surface area contributed by atoms with E-state index in [-0.39, 0.29) is 10.9 Å². The Balaban J connectivity index is 2.31. The van der Waals surface area contributed by atoms with Crippen molar-refractivity contribution in [3.8, 4) is 0 Å². The normalized spacial score (nSPS) is 13.3. The average Bonchev–Trinajstić information content (AvgIpc) is 2.92.